The lowest BCUT2D eigenvalue weighted by Gasteiger charge is -2.00. The Balaban J connectivity index is 3.61. The number of rotatable bonds is 4. The molecule has 1 N–H and O–H groups in total. The minimum absolute atomic E-state index is 0.0496. The second kappa shape index (κ2) is 5.09. The van der Waals surface area contributed by atoms with E-state index in [-0.39, 0.29) is 18.6 Å². The first kappa shape index (κ1) is 10.4. The van der Waals surface area contributed by atoms with Crippen molar-refractivity contribution in [2.45, 2.75) is 25.9 Å². The highest BCUT2D eigenvalue weighted by Crippen LogP contribution is 1.98. The molecule has 0 spiro atoms. The molecular weight excluding hydrogens is 172 g/mol. The molecule has 0 saturated heterocycles. The van der Waals surface area contributed by atoms with Crippen molar-refractivity contribution < 1.29 is 19.0 Å². The van der Waals surface area contributed by atoms with Crippen molar-refractivity contribution in [2.24, 2.45) is 0 Å². The zero-order valence-corrected chi connectivity index (χ0v) is 6.80. The van der Waals surface area contributed by atoms with Crippen molar-refractivity contribution in [2.75, 3.05) is 0 Å². The Bertz CT molecular complexity index is 155. The molecule has 0 fully saturated rings. The number of halogens is 1. The fraction of sp³-hybridized carbons (Fsp3) is 0.667. The average molecular weight is 181 g/mol. The van der Waals surface area contributed by atoms with Crippen molar-refractivity contribution in [3.8, 4) is 0 Å². The predicted octanol–water partition coefficient (Wildman–Crippen LogP) is 0.414. The van der Waals surface area contributed by atoms with E-state index in [1.54, 1.807) is 0 Å². The Morgan fingerprint density at radius 1 is 1.64 bits per heavy atom. The summed E-state index contributed by atoms with van der Waals surface area (Å²) in [6, 6.07) is 0. The highest BCUT2D eigenvalue weighted by Gasteiger charge is 2.12. The maximum atomic E-state index is 10.7. The Kier molecular flexibility index (Phi) is 4.81. The molecule has 0 aromatic carbocycles. The van der Waals surface area contributed by atoms with Crippen LogP contribution in [0, 0.1) is 0 Å². The van der Waals surface area contributed by atoms with Gasteiger partial charge in [0.15, 0.2) is 0 Å². The second-order valence-electron chi connectivity index (χ2n) is 2.22. The summed E-state index contributed by atoms with van der Waals surface area (Å²) in [6.07, 6.45) is -1.16. The van der Waals surface area contributed by atoms with E-state index in [4.69, 9.17) is 5.11 Å². The molecule has 4 nitrogen and oxygen atoms in total. The Hall–Kier alpha value is -0.610. The van der Waals surface area contributed by atoms with Gasteiger partial charge in [0.25, 0.3) is 0 Å². The average Bonchev–Trinajstić information content (AvgIpc) is 1.85. The smallest absolute Gasteiger partial charge is 0.332 e. The summed E-state index contributed by atoms with van der Waals surface area (Å²) in [6.45, 7) is 1.46. The molecule has 1 atom stereocenters. The topological polar surface area (TPSA) is 63.6 Å². The van der Waals surface area contributed by atoms with Crippen molar-refractivity contribution in [1.29, 1.82) is 0 Å². The number of Topliss-reactive ketones (excluding diaryl/α,β-unsaturated/α-hetero) is 1. The van der Waals surface area contributed by atoms with Gasteiger partial charge in [0.2, 0.25) is 0 Å². The van der Waals surface area contributed by atoms with Gasteiger partial charge in [-0.15, -0.1) is 0 Å². The van der Waals surface area contributed by atoms with Gasteiger partial charge in [-0.1, -0.05) is 0 Å². The molecule has 0 rings (SSSR count). The molecule has 0 aliphatic rings. The Morgan fingerprint density at radius 2 is 2.18 bits per heavy atom. The first-order chi connectivity index (χ1) is 5.06. The van der Waals surface area contributed by atoms with Crippen LogP contribution in [0.25, 0.3) is 0 Å². The number of aliphatic hydroxyl groups is 1. The second-order valence-corrected chi connectivity index (χ2v) is 2.37. The van der Waals surface area contributed by atoms with Crippen LogP contribution in [0.2, 0.25) is 0 Å². The van der Waals surface area contributed by atoms with E-state index in [1.165, 1.54) is 6.92 Å². The van der Waals surface area contributed by atoms with Crippen LogP contribution in [-0.2, 0) is 13.9 Å². The summed E-state index contributed by atoms with van der Waals surface area (Å²) in [7, 11) is 0. The van der Waals surface area contributed by atoms with Crippen LogP contribution in [0.5, 0.6) is 0 Å². The van der Waals surface area contributed by atoms with Gasteiger partial charge < -0.3 is 9.40 Å². The first-order valence-electron chi connectivity index (χ1n) is 3.07. The van der Waals surface area contributed by atoms with Gasteiger partial charge in [-0.2, -0.15) is 0 Å². The monoisotopic (exact) mass is 180 g/mol. The number of hydrogen-bond acceptors (Lipinski definition) is 4. The quantitative estimate of drug-likeness (QED) is 0.637. The standard InChI is InChI=1S/C6H9ClO4/c1-4(8)2-5(9)3-6(10)11-7/h4,8H,2-3H2,1H3/t4-/m0/s1. The summed E-state index contributed by atoms with van der Waals surface area (Å²) < 4.78 is 3.73. The fourth-order valence-electron chi connectivity index (χ4n) is 0.590. The number of hydrogen-bond donors (Lipinski definition) is 1. The summed E-state index contributed by atoms with van der Waals surface area (Å²) in [5, 5.41) is 8.70. The van der Waals surface area contributed by atoms with Crippen molar-refractivity contribution in [1.82, 2.24) is 0 Å². The largest absolute Gasteiger partial charge is 0.393 e. The first-order valence-corrected chi connectivity index (χ1v) is 3.38. The van der Waals surface area contributed by atoms with E-state index in [9.17, 15) is 9.59 Å². The van der Waals surface area contributed by atoms with Crippen LogP contribution >= 0.6 is 11.9 Å². The number of carbonyl (C=O) groups excluding carboxylic acids is 2. The molecular formula is C6H9ClO4. The Morgan fingerprint density at radius 3 is 2.55 bits per heavy atom. The van der Waals surface area contributed by atoms with Gasteiger partial charge in [-0.25, -0.2) is 0 Å². The van der Waals surface area contributed by atoms with E-state index in [0.29, 0.717) is 0 Å². The summed E-state index contributed by atoms with van der Waals surface area (Å²) in [4.78, 5) is 21.1. The third-order valence-corrected chi connectivity index (χ3v) is 1.12. The molecule has 0 amide bonds. The van der Waals surface area contributed by atoms with Gasteiger partial charge in [-0.05, 0) is 6.92 Å². The normalized spacial score (nSPS) is 12.3. The number of carbonyl (C=O) groups is 2. The maximum Gasteiger partial charge on any atom is 0.332 e. The van der Waals surface area contributed by atoms with Gasteiger partial charge in [-0.3, -0.25) is 9.59 Å². The molecule has 0 aromatic heterocycles. The minimum atomic E-state index is -0.794. The lowest BCUT2D eigenvalue weighted by Crippen LogP contribution is -2.13. The van der Waals surface area contributed by atoms with Gasteiger partial charge in [0.1, 0.15) is 24.1 Å². The molecule has 11 heavy (non-hydrogen) atoms. The zero-order chi connectivity index (χ0) is 8.85. The van der Waals surface area contributed by atoms with Crippen LogP contribution in [-0.4, -0.2) is 23.0 Å². The van der Waals surface area contributed by atoms with Crippen LogP contribution in [0.15, 0.2) is 0 Å². The molecule has 0 aliphatic heterocycles. The summed E-state index contributed by atoms with van der Waals surface area (Å²) >= 11 is 4.67. The molecule has 0 aromatic rings. The highest BCUT2D eigenvalue weighted by molar-refractivity contribution is 6.15. The molecule has 0 bridgehead atoms. The van der Waals surface area contributed by atoms with Crippen LogP contribution < -0.4 is 0 Å². The number of aliphatic hydroxyl groups excluding tert-OH is 1. The molecule has 0 aliphatic carbocycles. The van der Waals surface area contributed by atoms with Crippen molar-refractivity contribution in [3.05, 3.63) is 0 Å². The van der Waals surface area contributed by atoms with E-state index >= 15 is 0 Å². The fourth-order valence-corrected chi connectivity index (χ4v) is 0.644. The molecule has 5 heteroatoms. The van der Waals surface area contributed by atoms with Crippen LogP contribution in [0.3, 0.4) is 0 Å². The van der Waals surface area contributed by atoms with Gasteiger partial charge in [0.05, 0.1) is 6.10 Å². The molecule has 0 saturated carbocycles. The lowest BCUT2D eigenvalue weighted by atomic mass is 10.1. The van der Waals surface area contributed by atoms with Crippen LogP contribution in [0.1, 0.15) is 19.8 Å². The Labute approximate surface area is 69.3 Å². The van der Waals surface area contributed by atoms with Gasteiger partial charge in [0, 0.05) is 6.42 Å². The third-order valence-electron chi connectivity index (χ3n) is 0.951. The molecule has 0 radical (unpaired) electrons. The SMILES string of the molecule is C[C@H](O)CC(=O)CC(=O)OCl. The lowest BCUT2D eigenvalue weighted by molar-refractivity contribution is -0.138. The summed E-state index contributed by atoms with van der Waals surface area (Å²) in [5.74, 6) is -1.18. The predicted molar refractivity (Wildman–Crippen MR) is 37.9 cm³/mol. The van der Waals surface area contributed by atoms with Gasteiger partial charge >= 0.3 is 5.97 Å². The van der Waals surface area contributed by atoms with Crippen LogP contribution in [0.4, 0.5) is 0 Å². The molecule has 0 heterocycles. The van der Waals surface area contributed by atoms with Crippen molar-refractivity contribution in [3.63, 3.8) is 0 Å². The van der Waals surface area contributed by atoms with E-state index in [1.807, 2.05) is 0 Å². The van der Waals surface area contributed by atoms with Crippen molar-refractivity contribution >= 4 is 23.6 Å². The molecule has 64 valence electrons. The summed E-state index contributed by atoms with van der Waals surface area (Å²) in [5.41, 5.74) is 0. The maximum absolute atomic E-state index is 10.7. The van der Waals surface area contributed by atoms with E-state index in [2.05, 4.69) is 16.2 Å². The van der Waals surface area contributed by atoms with E-state index in [0.717, 1.165) is 0 Å². The van der Waals surface area contributed by atoms with E-state index < -0.39 is 12.1 Å². The third kappa shape index (κ3) is 5.82. The molecule has 0 unspecified atom stereocenters. The number of ketones is 1. The highest BCUT2D eigenvalue weighted by atomic mass is 35.5. The minimum Gasteiger partial charge on any atom is -0.393 e. The zero-order valence-electron chi connectivity index (χ0n) is 6.04.